The molecule has 0 saturated heterocycles. The number of fused-ring (bicyclic) bond motifs is 1. The summed E-state index contributed by atoms with van der Waals surface area (Å²) in [5.74, 6) is 1.14. The van der Waals surface area contributed by atoms with Crippen molar-refractivity contribution in [1.82, 2.24) is 5.32 Å². The first kappa shape index (κ1) is 20.2. The van der Waals surface area contributed by atoms with Crippen LogP contribution in [0.3, 0.4) is 0 Å². The van der Waals surface area contributed by atoms with Crippen LogP contribution in [0.2, 0.25) is 0 Å². The molecule has 1 saturated carbocycles. The summed E-state index contributed by atoms with van der Waals surface area (Å²) >= 11 is 1.61. The molecule has 1 fully saturated rings. The number of halogens is 1. The van der Waals surface area contributed by atoms with E-state index < -0.39 is 0 Å². The molecule has 4 nitrogen and oxygen atoms in total. The fourth-order valence-corrected chi connectivity index (χ4v) is 4.88. The Kier molecular flexibility index (Phi) is 7.69. The minimum Gasteiger partial charge on any atom is -0.383 e. The van der Waals surface area contributed by atoms with Gasteiger partial charge in [-0.1, -0.05) is 18.2 Å². The summed E-state index contributed by atoms with van der Waals surface area (Å²) in [7, 11) is 1.65. The van der Waals surface area contributed by atoms with Gasteiger partial charge >= 0.3 is 0 Å². The first-order valence-corrected chi connectivity index (χ1v) is 9.54. The van der Waals surface area contributed by atoms with E-state index in [2.05, 4.69) is 23.5 Å². The minimum atomic E-state index is 0. The van der Waals surface area contributed by atoms with Crippen LogP contribution in [0.1, 0.15) is 46.8 Å². The molecule has 3 N–H and O–H groups in total. The van der Waals surface area contributed by atoms with Crippen LogP contribution < -0.4 is 11.1 Å². The van der Waals surface area contributed by atoms with Gasteiger partial charge in [-0.15, -0.1) is 23.7 Å². The van der Waals surface area contributed by atoms with Gasteiger partial charge in [0.1, 0.15) is 0 Å². The Balaban J connectivity index is 0.00000225. The molecule has 1 heterocycles. The SMILES string of the molecule is COCCNC(=O)c1sc2ccccc2c1C1CCC(CN)CC1.Cl. The number of thiophene rings is 1. The topological polar surface area (TPSA) is 64.3 Å². The Hall–Kier alpha value is -1.14. The Morgan fingerprint density at radius 1 is 1.28 bits per heavy atom. The molecule has 0 radical (unpaired) electrons. The van der Waals surface area contributed by atoms with Gasteiger partial charge < -0.3 is 15.8 Å². The van der Waals surface area contributed by atoms with Gasteiger partial charge in [-0.2, -0.15) is 0 Å². The van der Waals surface area contributed by atoms with Gasteiger partial charge in [0.25, 0.3) is 5.91 Å². The molecule has 0 unspecified atom stereocenters. The van der Waals surface area contributed by atoms with E-state index in [-0.39, 0.29) is 18.3 Å². The van der Waals surface area contributed by atoms with Crippen LogP contribution in [0.15, 0.2) is 24.3 Å². The molecular formula is C19H27ClN2O2S. The maximum atomic E-state index is 12.7. The number of benzene rings is 1. The summed E-state index contributed by atoms with van der Waals surface area (Å²) < 4.78 is 6.23. The number of nitrogens with two attached hydrogens (primary N) is 1. The van der Waals surface area contributed by atoms with E-state index in [0.29, 0.717) is 25.0 Å². The lowest BCUT2D eigenvalue weighted by Crippen LogP contribution is -2.28. The molecule has 3 rings (SSSR count). The summed E-state index contributed by atoms with van der Waals surface area (Å²) in [5, 5.41) is 4.23. The predicted molar refractivity (Wildman–Crippen MR) is 107 cm³/mol. The number of hydrogen-bond acceptors (Lipinski definition) is 4. The first-order chi connectivity index (χ1) is 11.7. The first-order valence-electron chi connectivity index (χ1n) is 8.73. The average Bonchev–Trinajstić information content (AvgIpc) is 3.01. The van der Waals surface area contributed by atoms with Crippen LogP contribution in [-0.4, -0.2) is 32.7 Å². The molecule has 0 aliphatic heterocycles. The second-order valence-electron chi connectivity index (χ2n) is 6.54. The van der Waals surface area contributed by atoms with Crippen molar-refractivity contribution < 1.29 is 9.53 Å². The Morgan fingerprint density at radius 2 is 2.00 bits per heavy atom. The third-order valence-corrected chi connectivity index (χ3v) is 6.21. The van der Waals surface area contributed by atoms with Crippen molar-refractivity contribution in [1.29, 1.82) is 0 Å². The highest BCUT2D eigenvalue weighted by atomic mass is 35.5. The van der Waals surface area contributed by atoms with Crippen LogP contribution in [-0.2, 0) is 4.74 Å². The fourth-order valence-electron chi connectivity index (χ4n) is 3.67. The quantitative estimate of drug-likeness (QED) is 0.744. The molecule has 0 atom stereocenters. The zero-order valence-electron chi connectivity index (χ0n) is 14.6. The van der Waals surface area contributed by atoms with E-state index in [1.165, 1.54) is 15.6 Å². The average molecular weight is 383 g/mol. The van der Waals surface area contributed by atoms with Crippen molar-refractivity contribution in [2.45, 2.75) is 31.6 Å². The van der Waals surface area contributed by atoms with E-state index in [1.54, 1.807) is 18.4 Å². The highest BCUT2D eigenvalue weighted by Crippen LogP contribution is 2.43. The number of ether oxygens (including phenoxy) is 1. The van der Waals surface area contributed by atoms with E-state index in [1.807, 2.05) is 6.07 Å². The lowest BCUT2D eigenvalue weighted by molar-refractivity contribution is 0.0939. The van der Waals surface area contributed by atoms with Crippen LogP contribution in [0.4, 0.5) is 0 Å². The van der Waals surface area contributed by atoms with Crippen LogP contribution >= 0.6 is 23.7 Å². The number of carbonyl (C=O) groups is 1. The zero-order valence-corrected chi connectivity index (χ0v) is 16.3. The minimum absolute atomic E-state index is 0. The molecule has 25 heavy (non-hydrogen) atoms. The fraction of sp³-hybridized carbons (Fsp3) is 0.526. The van der Waals surface area contributed by atoms with E-state index >= 15 is 0 Å². The smallest absolute Gasteiger partial charge is 0.261 e. The second kappa shape index (κ2) is 9.53. The molecule has 1 aliphatic rings. The summed E-state index contributed by atoms with van der Waals surface area (Å²) in [6, 6.07) is 8.38. The Labute approximate surface area is 159 Å². The van der Waals surface area contributed by atoms with Crippen LogP contribution in [0, 0.1) is 5.92 Å². The third kappa shape index (κ3) is 4.53. The summed E-state index contributed by atoms with van der Waals surface area (Å²) in [6.07, 6.45) is 4.58. The molecule has 1 amide bonds. The molecule has 1 aromatic carbocycles. The number of nitrogens with one attached hydrogen (secondary N) is 1. The zero-order chi connectivity index (χ0) is 16.9. The van der Waals surface area contributed by atoms with E-state index in [0.717, 1.165) is 37.1 Å². The molecule has 6 heteroatoms. The number of carbonyl (C=O) groups excluding carboxylic acids is 1. The van der Waals surface area contributed by atoms with Gasteiger partial charge in [0.2, 0.25) is 0 Å². The molecule has 0 bridgehead atoms. The highest BCUT2D eigenvalue weighted by Gasteiger charge is 2.28. The molecule has 138 valence electrons. The van der Waals surface area contributed by atoms with Crippen LogP contribution in [0.25, 0.3) is 10.1 Å². The Bertz CT molecular complexity index is 696. The van der Waals surface area contributed by atoms with Crippen molar-refractivity contribution in [3.63, 3.8) is 0 Å². The standard InChI is InChI=1S/C19H26N2O2S.ClH/c1-23-11-10-21-19(22)18-17(14-8-6-13(12-20)7-9-14)15-4-2-3-5-16(15)24-18;/h2-5,13-14H,6-12,20H2,1H3,(H,21,22);1H. The van der Waals surface area contributed by atoms with Gasteiger partial charge in [0.15, 0.2) is 0 Å². The molecule has 2 aromatic rings. The Morgan fingerprint density at radius 3 is 2.68 bits per heavy atom. The second-order valence-corrected chi connectivity index (χ2v) is 7.60. The van der Waals surface area contributed by atoms with Crippen molar-refractivity contribution in [2.24, 2.45) is 11.7 Å². The maximum absolute atomic E-state index is 12.7. The third-order valence-electron chi connectivity index (χ3n) is 5.02. The summed E-state index contributed by atoms with van der Waals surface area (Å²) in [5.41, 5.74) is 7.08. The van der Waals surface area contributed by atoms with Crippen LogP contribution in [0.5, 0.6) is 0 Å². The number of amides is 1. The number of hydrogen-bond donors (Lipinski definition) is 2. The maximum Gasteiger partial charge on any atom is 0.261 e. The van der Waals surface area contributed by atoms with Gasteiger partial charge in [-0.25, -0.2) is 0 Å². The van der Waals surface area contributed by atoms with Gasteiger partial charge in [0.05, 0.1) is 11.5 Å². The van der Waals surface area contributed by atoms with Crippen molar-refractivity contribution >= 4 is 39.7 Å². The van der Waals surface area contributed by atoms with Crippen molar-refractivity contribution in [2.75, 3.05) is 26.8 Å². The molecular weight excluding hydrogens is 356 g/mol. The lowest BCUT2D eigenvalue weighted by Gasteiger charge is -2.28. The van der Waals surface area contributed by atoms with Gasteiger partial charge in [-0.05, 0) is 61.1 Å². The molecule has 1 aromatic heterocycles. The van der Waals surface area contributed by atoms with Gasteiger partial charge in [-0.3, -0.25) is 4.79 Å². The van der Waals surface area contributed by atoms with Crippen molar-refractivity contribution in [3.05, 3.63) is 34.7 Å². The monoisotopic (exact) mass is 382 g/mol. The summed E-state index contributed by atoms with van der Waals surface area (Å²) in [4.78, 5) is 13.6. The van der Waals surface area contributed by atoms with Gasteiger partial charge in [0, 0.05) is 18.4 Å². The largest absolute Gasteiger partial charge is 0.383 e. The normalized spacial score (nSPS) is 20.2. The highest BCUT2D eigenvalue weighted by molar-refractivity contribution is 7.21. The number of methoxy groups -OCH3 is 1. The van der Waals surface area contributed by atoms with Crippen molar-refractivity contribution in [3.8, 4) is 0 Å². The molecule has 0 spiro atoms. The predicted octanol–water partition coefficient (Wildman–Crippen LogP) is 3.93. The van der Waals surface area contributed by atoms with E-state index in [9.17, 15) is 4.79 Å². The molecule has 1 aliphatic carbocycles. The number of rotatable bonds is 6. The lowest BCUT2D eigenvalue weighted by atomic mass is 9.78. The summed E-state index contributed by atoms with van der Waals surface area (Å²) in [6.45, 7) is 1.86. The van der Waals surface area contributed by atoms with E-state index in [4.69, 9.17) is 10.5 Å².